The minimum Gasteiger partial charge on any atom is -0.490 e. The second kappa shape index (κ2) is 9.59. The number of aryl methyl sites for hydroxylation is 2. The van der Waals surface area contributed by atoms with Crippen molar-refractivity contribution in [2.24, 2.45) is 5.10 Å². The number of carbonyl (C=O) groups excluding carboxylic acids is 2. The molecule has 1 heterocycles. The number of carbonyl (C=O) groups is 2. The summed E-state index contributed by atoms with van der Waals surface area (Å²) in [5.41, 5.74) is 3.62. The van der Waals surface area contributed by atoms with E-state index in [1.54, 1.807) is 52.2 Å². The van der Waals surface area contributed by atoms with E-state index in [0.29, 0.717) is 40.8 Å². The Morgan fingerprint density at radius 1 is 1.18 bits per heavy atom. The van der Waals surface area contributed by atoms with Crippen LogP contribution in [0, 0.1) is 13.8 Å². The van der Waals surface area contributed by atoms with Crippen LogP contribution in [0.5, 0.6) is 11.5 Å². The number of ether oxygens (including phenoxy) is 2. The molecule has 150 valence electrons. The molecule has 2 rings (SSSR count). The van der Waals surface area contributed by atoms with Gasteiger partial charge in [-0.3, -0.25) is 9.59 Å². The standard InChI is InChI=1S/C20H25N3O5/c1-6-26-18-10-15(7-8-17(18)27-12-19(24)23(4)5)11-21-22-20(25)16-9-13(2)28-14(16)3/h7-11H,6,12H2,1-5H3,(H,22,25). The average molecular weight is 387 g/mol. The van der Waals surface area contributed by atoms with Crippen LogP contribution < -0.4 is 14.9 Å². The Balaban J connectivity index is 2.05. The first kappa shape index (κ1) is 21.0. The number of nitrogens with zero attached hydrogens (tertiary/aromatic N) is 2. The van der Waals surface area contributed by atoms with Gasteiger partial charge in [-0.15, -0.1) is 0 Å². The highest BCUT2D eigenvalue weighted by atomic mass is 16.5. The number of rotatable bonds is 8. The third-order valence-electron chi connectivity index (χ3n) is 3.78. The minimum atomic E-state index is -0.349. The van der Waals surface area contributed by atoms with Gasteiger partial charge in [-0.1, -0.05) is 0 Å². The normalized spacial score (nSPS) is 10.8. The van der Waals surface area contributed by atoms with Gasteiger partial charge in [0.05, 0.1) is 18.4 Å². The Morgan fingerprint density at radius 2 is 1.93 bits per heavy atom. The summed E-state index contributed by atoms with van der Waals surface area (Å²) in [4.78, 5) is 25.3. The molecule has 0 aliphatic carbocycles. The zero-order chi connectivity index (χ0) is 20.7. The number of benzene rings is 1. The number of nitrogens with one attached hydrogen (secondary N) is 1. The molecule has 1 N–H and O–H groups in total. The summed E-state index contributed by atoms with van der Waals surface area (Å²) < 4.78 is 16.5. The van der Waals surface area contributed by atoms with E-state index in [4.69, 9.17) is 13.9 Å². The fraction of sp³-hybridized carbons (Fsp3) is 0.350. The molecule has 8 nitrogen and oxygen atoms in total. The van der Waals surface area contributed by atoms with Crippen molar-refractivity contribution in [2.45, 2.75) is 20.8 Å². The molecular weight excluding hydrogens is 362 g/mol. The zero-order valence-electron chi connectivity index (χ0n) is 16.7. The van der Waals surface area contributed by atoms with Gasteiger partial charge in [0, 0.05) is 14.1 Å². The van der Waals surface area contributed by atoms with Crippen LogP contribution in [-0.2, 0) is 4.79 Å². The molecule has 0 aliphatic heterocycles. The second-order valence-corrected chi connectivity index (χ2v) is 6.24. The lowest BCUT2D eigenvalue weighted by Gasteiger charge is -2.14. The number of likely N-dealkylation sites (N-methyl/N-ethyl adjacent to an activating group) is 1. The molecule has 0 bridgehead atoms. The van der Waals surface area contributed by atoms with E-state index in [0.717, 1.165) is 0 Å². The largest absolute Gasteiger partial charge is 0.490 e. The summed E-state index contributed by atoms with van der Waals surface area (Å²) in [5, 5.41) is 3.97. The Labute approximate surface area is 164 Å². The molecule has 0 aliphatic rings. The van der Waals surface area contributed by atoms with Gasteiger partial charge in [-0.2, -0.15) is 5.10 Å². The lowest BCUT2D eigenvalue weighted by atomic mass is 10.2. The Bertz CT molecular complexity index is 871. The highest BCUT2D eigenvalue weighted by molar-refractivity contribution is 5.95. The molecule has 28 heavy (non-hydrogen) atoms. The number of hydrogen-bond donors (Lipinski definition) is 1. The predicted octanol–water partition coefficient (Wildman–Crippen LogP) is 2.53. The summed E-state index contributed by atoms with van der Waals surface area (Å²) in [6.45, 7) is 5.71. The maximum Gasteiger partial charge on any atom is 0.274 e. The molecule has 2 amide bonds. The molecule has 1 aromatic carbocycles. The highest BCUT2D eigenvalue weighted by Gasteiger charge is 2.13. The van der Waals surface area contributed by atoms with Gasteiger partial charge in [0.2, 0.25) is 0 Å². The second-order valence-electron chi connectivity index (χ2n) is 6.24. The number of hydrogen-bond acceptors (Lipinski definition) is 6. The minimum absolute atomic E-state index is 0.0833. The van der Waals surface area contributed by atoms with E-state index in [-0.39, 0.29) is 18.4 Å². The van der Waals surface area contributed by atoms with E-state index in [9.17, 15) is 9.59 Å². The molecule has 0 saturated heterocycles. The molecule has 0 spiro atoms. The Hall–Kier alpha value is -3.29. The van der Waals surface area contributed by atoms with E-state index in [1.807, 2.05) is 6.92 Å². The smallest absolute Gasteiger partial charge is 0.274 e. The third kappa shape index (κ3) is 5.60. The topological polar surface area (TPSA) is 93.4 Å². The molecule has 8 heteroatoms. The van der Waals surface area contributed by atoms with Gasteiger partial charge in [0.15, 0.2) is 18.1 Å². The maximum atomic E-state index is 12.1. The molecular formula is C20H25N3O5. The predicted molar refractivity (Wildman–Crippen MR) is 105 cm³/mol. The van der Waals surface area contributed by atoms with Gasteiger partial charge >= 0.3 is 0 Å². The van der Waals surface area contributed by atoms with Crippen molar-refractivity contribution in [1.29, 1.82) is 0 Å². The highest BCUT2D eigenvalue weighted by Crippen LogP contribution is 2.28. The Kier molecular flexibility index (Phi) is 7.20. The van der Waals surface area contributed by atoms with Crippen molar-refractivity contribution < 1.29 is 23.5 Å². The van der Waals surface area contributed by atoms with Crippen LogP contribution in [0.3, 0.4) is 0 Å². The van der Waals surface area contributed by atoms with Crippen LogP contribution in [-0.4, -0.2) is 50.2 Å². The molecule has 0 atom stereocenters. The van der Waals surface area contributed by atoms with Crippen LogP contribution in [0.2, 0.25) is 0 Å². The van der Waals surface area contributed by atoms with E-state index in [1.165, 1.54) is 11.1 Å². The first-order valence-corrected chi connectivity index (χ1v) is 8.82. The lowest BCUT2D eigenvalue weighted by molar-refractivity contribution is -0.130. The van der Waals surface area contributed by atoms with Crippen LogP contribution in [0.25, 0.3) is 0 Å². The fourth-order valence-corrected chi connectivity index (χ4v) is 2.34. The molecule has 0 unspecified atom stereocenters. The van der Waals surface area contributed by atoms with Crippen molar-refractivity contribution in [2.75, 3.05) is 27.3 Å². The summed E-state index contributed by atoms with van der Waals surface area (Å²) in [5.74, 6) is 1.65. The van der Waals surface area contributed by atoms with Crippen molar-refractivity contribution in [3.63, 3.8) is 0 Å². The maximum absolute atomic E-state index is 12.1. The van der Waals surface area contributed by atoms with Gasteiger partial charge < -0.3 is 18.8 Å². The number of hydrazone groups is 1. The lowest BCUT2D eigenvalue weighted by Crippen LogP contribution is -2.27. The monoisotopic (exact) mass is 387 g/mol. The molecule has 0 radical (unpaired) electrons. The van der Waals surface area contributed by atoms with Gasteiger partial charge in [-0.25, -0.2) is 5.43 Å². The molecule has 2 aromatic rings. The quantitative estimate of drug-likeness (QED) is 0.555. The van der Waals surface area contributed by atoms with Gasteiger partial charge in [0.1, 0.15) is 11.5 Å². The summed E-state index contributed by atoms with van der Waals surface area (Å²) in [7, 11) is 3.32. The van der Waals surface area contributed by atoms with Crippen molar-refractivity contribution in [3.8, 4) is 11.5 Å². The summed E-state index contributed by atoms with van der Waals surface area (Å²) in [6.07, 6.45) is 1.50. The summed E-state index contributed by atoms with van der Waals surface area (Å²) in [6, 6.07) is 6.83. The first-order valence-electron chi connectivity index (χ1n) is 8.82. The van der Waals surface area contributed by atoms with Gasteiger partial charge in [-0.05, 0) is 50.6 Å². The first-order chi connectivity index (χ1) is 13.3. The molecule has 0 fully saturated rings. The SMILES string of the molecule is CCOc1cc(C=NNC(=O)c2cc(C)oc2C)ccc1OCC(=O)N(C)C. The number of furan rings is 1. The van der Waals surface area contributed by atoms with Crippen LogP contribution in [0.1, 0.15) is 34.4 Å². The van der Waals surface area contributed by atoms with Crippen LogP contribution in [0.4, 0.5) is 0 Å². The zero-order valence-corrected chi connectivity index (χ0v) is 16.7. The summed E-state index contributed by atoms with van der Waals surface area (Å²) >= 11 is 0. The van der Waals surface area contributed by atoms with Crippen LogP contribution >= 0.6 is 0 Å². The average Bonchev–Trinajstić information content (AvgIpc) is 2.99. The fourth-order valence-electron chi connectivity index (χ4n) is 2.34. The van der Waals surface area contributed by atoms with E-state index in [2.05, 4.69) is 10.5 Å². The third-order valence-corrected chi connectivity index (χ3v) is 3.78. The van der Waals surface area contributed by atoms with Crippen LogP contribution in [0.15, 0.2) is 33.8 Å². The van der Waals surface area contributed by atoms with E-state index < -0.39 is 0 Å². The Morgan fingerprint density at radius 3 is 2.54 bits per heavy atom. The van der Waals surface area contributed by atoms with Crippen molar-refractivity contribution in [1.82, 2.24) is 10.3 Å². The van der Waals surface area contributed by atoms with Crippen molar-refractivity contribution >= 4 is 18.0 Å². The van der Waals surface area contributed by atoms with Gasteiger partial charge in [0.25, 0.3) is 11.8 Å². The molecule has 0 saturated carbocycles. The van der Waals surface area contributed by atoms with Crippen molar-refractivity contribution in [3.05, 3.63) is 46.9 Å². The van der Waals surface area contributed by atoms with E-state index >= 15 is 0 Å². The molecule has 1 aromatic heterocycles. The number of amides is 2.